The van der Waals surface area contributed by atoms with Gasteiger partial charge in [0.05, 0.1) is 0 Å². The molecular weight excluding hydrogens is 379 g/mol. The van der Waals surface area contributed by atoms with Crippen molar-refractivity contribution < 1.29 is 9.59 Å². The van der Waals surface area contributed by atoms with Gasteiger partial charge in [-0.15, -0.1) is 0 Å². The van der Waals surface area contributed by atoms with Gasteiger partial charge in [-0.3, -0.25) is 9.59 Å². The normalized spacial score (nSPS) is 10.5. The number of benzene rings is 1. The molecule has 0 saturated carbocycles. The molecule has 0 bridgehead atoms. The van der Waals surface area contributed by atoms with Gasteiger partial charge in [0.15, 0.2) is 5.78 Å². The molecule has 1 amide bonds. The van der Waals surface area contributed by atoms with Gasteiger partial charge in [0.2, 0.25) is 0 Å². The van der Waals surface area contributed by atoms with Crippen LogP contribution >= 0.6 is 22.6 Å². The summed E-state index contributed by atoms with van der Waals surface area (Å²) >= 11 is 2.20. The van der Waals surface area contributed by atoms with Crippen LogP contribution in [0, 0.1) is 10.5 Å². The van der Waals surface area contributed by atoms with Crippen LogP contribution < -0.4 is 5.32 Å². The SMILES string of the molecule is CCc1c(C(=O)Nc2cccc(I)c2)[nH]c(C)c1C(C)=O. The van der Waals surface area contributed by atoms with E-state index in [1.165, 1.54) is 6.92 Å². The number of nitrogens with one attached hydrogen (secondary N) is 2. The number of anilines is 1. The minimum atomic E-state index is -0.218. The Kier molecular flexibility index (Phi) is 4.82. The van der Waals surface area contributed by atoms with E-state index in [4.69, 9.17) is 0 Å². The van der Waals surface area contributed by atoms with Crippen molar-refractivity contribution in [1.82, 2.24) is 4.98 Å². The lowest BCUT2D eigenvalue weighted by Gasteiger charge is -2.06. The summed E-state index contributed by atoms with van der Waals surface area (Å²) in [5.74, 6) is -0.238. The van der Waals surface area contributed by atoms with Crippen molar-refractivity contribution in [3.63, 3.8) is 0 Å². The van der Waals surface area contributed by atoms with Crippen LogP contribution in [-0.2, 0) is 6.42 Å². The molecule has 2 rings (SSSR count). The molecule has 1 aromatic heterocycles. The summed E-state index contributed by atoms with van der Waals surface area (Å²) < 4.78 is 1.05. The van der Waals surface area contributed by atoms with Crippen LogP contribution in [0.3, 0.4) is 0 Å². The number of H-pyrrole nitrogens is 1. The highest BCUT2D eigenvalue weighted by atomic mass is 127. The second kappa shape index (κ2) is 6.43. The predicted molar refractivity (Wildman–Crippen MR) is 92.0 cm³/mol. The van der Waals surface area contributed by atoms with Crippen molar-refractivity contribution in [2.24, 2.45) is 0 Å². The molecule has 21 heavy (non-hydrogen) atoms. The van der Waals surface area contributed by atoms with Crippen LogP contribution in [0.5, 0.6) is 0 Å². The molecule has 0 fully saturated rings. The van der Waals surface area contributed by atoms with Gasteiger partial charge in [-0.25, -0.2) is 0 Å². The Morgan fingerprint density at radius 3 is 2.62 bits per heavy atom. The number of carbonyl (C=O) groups is 2. The second-order valence-corrected chi connectivity index (χ2v) is 6.10. The molecule has 2 N–H and O–H groups in total. The van der Waals surface area contributed by atoms with Crippen LogP contribution in [0.4, 0.5) is 5.69 Å². The first-order valence-corrected chi connectivity index (χ1v) is 7.81. The molecule has 0 radical (unpaired) electrons. The van der Waals surface area contributed by atoms with E-state index in [1.807, 2.05) is 38.1 Å². The van der Waals surface area contributed by atoms with Crippen LogP contribution in [0.2, 0.25) is 0 Å². The zero-order valence-corrected chi connectivity index (χ0v) is 14.4. The third kappa shape index (κ3) is 3.34. The van der Waals surface area contributed by atoms with Gasteiger partial charge in [-0.2, -0.15) is 0 Å². The zero-order valence-electron chi connectivity index (χ0n) is 12.2. The van der Waals surface area contributed by atoms with Crippen molar-refractivity contribution in [1.29, 1.82) is 0 Å². The first kappa shape index (κ1) is 15.8. The number of Topliss-reactive ketones (excluding diaryl/α,β-unsaturated/α-hetero) is 1. The van der Waals surface area contributed by atoms with E-state index >= 15 is 0 Å². The topological polar surface area (TPSA) is 62.0 Å². The van der Waals surface area contributed by atoms with Crippen LogP contribution in [0.15, 0.2) is 24.3 Å². The molecule has 5 heteroatoms. The highest BCUT2D eigenvalue weighted by Gasteiger charge is 2.21. The molecule has 2 aromatic rings. The Morgan fingerprint density at radius 2 is 2.05 bits per heavy atom. The number of amides is 1. The Balaban J connectivity index is 2.36. The van der Waals surface area contributed by atoms with Crippen LogP contribution in [0.1, 0.15) is 46.0 Å². The summed E-state index contributed by atoms with van der Waals surface area (Å²) in [6.07, 6.45) is 0.633. The number of ketones is 1. The zero-order chi connectivity index (χ0) is 15.6. The molecule has 4 nitrogen and oxygen atoms in total. The Morgan fingerprint density at radius 1 is 1.33 bits per heavy atom. The number of rotatable bonds is 4. The Bertz CT molecular complexity index is 704. The molecule has 1 heterocycles. The predicted octanol–water partition coefficient (Wildman–Crippen LogP) is 3.95. The van der Waals surface area contributed by atoms with Gasteiger partial charge in [0.25, 0.3) is 5.91 Å². The lowest BCUT2D eigenvalue weighted by atomic mass is 10.0. The van der Waals surface area contributed by atoms with Gasteiger partial charge in [0.1, 0.15) is 5.69 Å². The van der Waals surface area contributed by atoms with Gasteiger partial charge in [-0.1, -0.05) is 13.0 Å². The maximum absolute atomic E-state index is 12.4. The van der Waals surface area contributed by atoms with Gasteiger partial charge in [0, 0.05) is 20.5 Å². The molecule has 0 saturated heterocycles. The van der Waals surface area contributed by atoms with Gasteiger partial charge < -0.3 is 10.3 Å². The minimum absolute atomic E-state index is 0.0195. The highest BCUT2D eigenvalue weighted by Crippen LogP contribution is 2.22. The summed E-state index contributed by atoms with van der Waals surface area (Å²) in [7, 11) is 0. The minimum Gasteiger partial charge on any atom is -0.354 e. The molecule has 1 aromatic carbocycles. The lowest BCUT2D eigenvalue weighted by molar-refractivity contribution is 0.101. The number of hydrogen-bond acceptors (Lipinski definition) is 2. The van der Waals surface area contributed by atoms with E-state index in [2.05, 4.69) is 32.9 Å². The molecule has 0 aliphatic heterocycles. The molecule has 0 spiro atoms. The fourth-order valence-corrected chi connectivity index (χ4v) is 3.00. The molecule has 0 unspecified atom stereocenters. The van der Waals surface area contributed by atoms with E-state index < -0.39 is 0 Å². The smallest absolute Gasteiger partial charge is 0.272 e. The summed E-state index contributed by atoms with van der Waals surface area (Å²) in [5, 5.41) is 2.87. The summed E-state index contributed by atoms with van der Waals surface area (Å²) in [5.41, 5.74) is 3.37. The van der Waals surface area contributed by atoms with E-state index in [0.29, 0.717) is 17.7 Å². The number of aromatic amines is 1. The van der Waals surface area contributed by atoms with Crippen molar-refractivity contribution in [3.05, 3.63) is 50.4 Å². The second-order valence-electron chi connectivity index (χ2n) is 4.85. The van der Waals surface area contributed by atoms with Crippen molar-refractivity contribution >= 4 is 40.0 Å². The molecule has 110 valence electrons. The largest absolute Gasteiger partial charge is 0.354 e. The van der Waals surface area contributed by atoms with Crippen molar-refractivity contribution in [3.8, 4) is 0 Å². The van der Waals surface area contributed by atoms with Crippen molar-refractivity contribution in [2.45, 2.75) is 27.2 Å². The van der Waals surface area contributed by atoms with Gasteiger partial charge >= 0.3 is 0 Å². The van der Waals surface area contributed by atoms with E-state index in [9.17, 15) is 9.59 Å². The maximum atomic E-state index is 12.4. The third-order valence-corrected chi connectivity index (χ3v) is 3.98. The third-order valence-electron chi connectivity index (χ3n) is 3.31. The van der Waals surface area contributed by atoms with E-state index in [1.54, 1.807) is 0 Å². The standard InChI is InChI=1S/C16H17IN2O2/c1-4-13-14(10(3)20)9(2)18-15(13)16(21)19-12-7-5-6-11(17)8-12/h5-8,18H,4H2,1-3H3,(H,19,21). The first-order chi connectivity index (χ1) is 9.93. The summed E-state index contributed by atoms with van der Waals surface area (Å²) in [4.78, 5) is 27.2. The first-order valence-electron chi connectivity index (χ1n) is 6.73. The summed E-state index contributed by atoms with van der Waals surface area (Å²) in [6, 6.07) is 7.58. The maximum Gasteiger partial charge on any atom is 0.272 e. The molecule has 0 aliphatic rings. The summed E-state index contributed by atoms with van der Waals surface area (Å²) in [6.45, 7) is 5.28. The van der Waals surface area contributed by atoms with Gasteiger partial charge in [-0.05, 0) is 66.6 Å². The van der Waals surface area contributed by atoms with Crippen LogP contribution in [0.25, 0.3) is 0 Å². The number of aryl methyl sites for hydroxylation is 1. The van der Waals surface area contributed by atoms with E-state index in [0.717, 1.165) is 20.5 Å². The number of carbonyl (C=O) groups excluding carboxylic acids is 2. The monoisotopic (exact) mass is 396 g/mol. The number of halogens is 1. The van der Waals surface area contributed by atoms with Crippen LogP contribution in [-0.4, -0.2) is 16.7 Å². The molecule has 0 atom stereocenters. The fourth-order valence-electron chi connectivity index (χ4n) is 2.46. The highest BCUT2D eigenvalue weighted by molar-refractivity contribution is 14.1. The lowest BCUT2D eigenvalue weighted by Crippen LogP contribution is -2.14. The quantitative estimate of drug-likeness (QED) is 0.608. The average Bonchev–Trinajstić information content (AvgIpc) is 2.75. The molecular formula is C16H17IN2O2. The fraction of sp³-hybridized carbons (Fsp3) is 0.250. The average molecular weight is 396 g/mol. The van der Waals surface area contributed by atoms with Crippen molar-refractivity contribution in [2.75, 3.05) is 5.32 Å². The Hall–Kier alpha value is -1.63. The Labute approximate surface area is 137 Å². The van der Waals surface area contributed by atoms with E-state index in [-0.39, 0.29) is 11.7 Å². The number of aromatic nitrogens is 1. The number of hydrogen-bond donors (Lipinski definition) is 2. The molecule has 0 aliphatic carbocycles.